The van der Waals surface area contributed by atoms with Gasteiger partial charge in [-0.3, -0.25) is 10.1 Å². The molecule has 2 rings (SSSR count). The van der Waals surface area contributed by atoms with Gasteiger partial charge in [0.15, 0.2) is 11.5 Å². The molecule has 0 spiro atoms. The summed E-state index contributed by atoms with van der Waals surface area (Å²) in [6, 6.07) is 5.20. The molecule has 1 aromatic heterocycles. The predicted molar refractivity (Wildman–Crippen MR) is 75.1 cm³/mol. The molecule has 0 unspecified atom stereocenters. The van der Waals surface area contributed by atoms with Crippen molar-refractivity contribution in [1.82, 2.24) is 15.2 Å². The number of rotatable bonds is 6. The SMILES string of the molecule is CCOc1n[nH]c(NC(=O)c2cccc(OC)c2OC)n1. The molecule has 8 nitrogen and oxygen atoms in total. The van der Waals surface area contributed by atoms with Gasteiger partial charge in [-0.2, -0.15) is 4.98 Å². The average Bonchev–Trinajstić information content (AvgIpc) is 2.93. The molecule has 0 saturated carbocycles. The molecular formula is C13H16N4O4. The number of carbonyl (C=O) groups excluding carboxylic acids is 1. The standard InChI is InChI=1S/C13H16N4O4/c1-4-21-13-15-12(16-17-13)14-11(18)8-6-5-7-9(19-2)10(8)20-3/h5-7H,4H2,1-3H3,(H2,14,15,16,17,18). The maximum Gasteiger partial charge on any atom is 0.337 e. The molecular weight excluding hydrogens is 276 g/mol. The van der Waals surface area contributed by atoms with Crippen molar-refractivity contribution in [2.75, 3.05) is 26.1 Å². The van der Waals surface area contributed by atoms with Crippen LogP contribution in [0.2, 0.25) is 0 Å². The molecule has 2 aromatic rings. The number of aromatic amines is 1. The molecule has 0 aliphatic heterocycles. The normalized spacial score (nSPS) is 10.0. The van der Waals surface area contributed by atoms with E-state index in [0.717, 1.165) is 0 Å². The highest BCUT2D eigenvalue weighted by molar-refractivity contribution is 6.05. The molecule has 112 valence electrons. The quantitative estimate of drug-likeness (QED) is 0.836. The van der Waals surface area contributed by atoms with Crippen molar-refractivity contribution in [3.8, 4) is 17.5 Å². The summed E-state index contributed by atoms with van der Waals surface area (Å²) in [5.74, 6) is 0.609. The molecule has 21 heavy (non-hydrogen) atoms. The van der Waals surface area contributed by atoms with Gasteiger partial charge >= 0.3 is 6.01 Å². The summed E-state index contributed by atoms with van der Waals surface area (Å²) in [6.07, 6.45) is 0. The van der Waals surface area contributed by atoms with Crippen LogP contribution in [0.3, 0.4) is 0 Å². The molecule has 8 heteroatoms. The van der Waals surface area contributed by atoms with E-state index < -0.39 is 5.91 Å². The minimum atomic E-state index is -0.398. The molecule has 0 bridgehead atoms. The summed E-state index contributed by atoms with van der Waals surface area (Å²) in [5, 5.41) is 8.95. The minimum Gasteiger partial charge on any atom is -0.493 e. The molecule has 2 N–H and O–H groups in total. The van der Waals surface area contributed by atoms with Crippen LogP contribution in [0.5, 0.6) is 17.5 Å². The van der Waals surface area contributed by atoms with E-state index in [9.17, 15) is 4.79 Å². The lowest BCUT2D eigenvalue weighted by atomic mass is 10.1. The van der Waals surface area contributed by atoms with Crippen molar-refractivity contribution in [2.24, 2.45) is 0 Å². The van der Waals surface area contributed by atoms with Gasteiger partial charge in [-0.05, 0) is 19.1 Å². The number of benzene rings is 1. The first-order valence-electron chi connectivity index (χ1n) is 6.27. The zero-order valence-corrected chi connectivity index (χ0v) is 12.0. The van der Waals surface area contributed by atoms with E-state index in [1.165, 1.54) is 14.2 Å². The van der Waals surface area contributed by atoms with Gasteiger partial charge in [0.1, 0.15) is 0 Å². The first kappa shape index (κ1) is 14.6. The number of hydrogen-bond donors (Lipinski definition) is 2. The third kappa shape index (κ3) is 3.22. The minimum absolute atomic E-state index is 0.172. The number of amides is 1. The molecule has 0 aliphatic rings. The highest BCUT2D eigenvalue weighted by Gasteiger charge is 2.17. The Morgan fingerprint density at radius 3 is 2.81 bits per heavy atom. The van der Waals surface area contributed by atoms with Gasteiger partial charge < -0.3 is 14.2 Å². The van der Waals surface area contributed by atoms with Gasteiger partial charge in [0.25, 0.3) is 5.91 Å². The number of ether oxygens (including phenoxy) is 3. The van der Waals surface area contributed by atoms with Crippen molar-refractivity contribution in [2.45, 2.75) is 6.92 Å². The van der Waals surface area contributed by atoms with Gasteiger partial charge in [0, 0.05) is 0 Å². The molecule has 0 fully saturated rings. The molecule has 0 atom stereocenters. The maximum absolute atomic E-state index is 12.3. The predicted octanol–water partition coefficient (Wildman–Crippen LogP) is 1.47. The molecule has 0 aliphatic carbocycles. The first-order chi connectivity index (χ1) is 10.2. The monoisotopic (exact) mass is 292 g/mol. The van der Waals surface area contributed by atoms with Crippen LogP contribution >= 0.6 is 0 Å². The van der Waals surface area contributed by atoms with Gasteiger partial charge in [-0.25, -0.2) is 5.10 Å². The zero-order chi connectivity index (χ0) is 15.2. The third-order valence-corrected chi connectivity index (χ3v) is 2.62. The Morgan fingerprint density at radius 1 is 1.33 bits per heavy atom. The molecule has 1 aromatic carbocycles. The highest BCUT2D eigenvalue weighted by Crippen LogP contribution is 2.30. The van der Waals surface area contributed by atoms with E-state index in [-0.39, 0.29) is 12.0 Å². The topological polar surface area (TPSA) is 98.4 Å². The molecule has 0 saturated heterocycles. The van der Waals surface area contributed by atoms with Crippen molar-refractivity contribution in [3.63, 3.8) is 0 Å². The fourth-order valence-corrected chi connectivity index (χ4v) is 1.74. The molecule has 0 radical (unpaired) electrons. The summed E-state index contributed by atoms with van der Waals surface area (Å²) in [6.45, 7) is 2.25. The number of H-pyrrole nitrogens is 1. The van der Waals surface area contributed by atoms with Gasteiger partial charge in [0.05, 0.1) is 26.4 Å². The van der Waals surface area contributed by atoms with Crippen LogP contribution in [0.15, 0.2) is 18.2 Å². The fraction of sp³-hybridized carbons (Fsp3) is 0.308. The Kier molecular flexibility index (Phi) is 4.60. The number of carbonyl (C=O) groups is 1. The van der Waals surface area contributed by atoms with Crippen LogP contribution in [0.4, 0.5) is 5.95 Å². The number of aromatic nitrogens is 3. The average molecular weight is 292 g/mol. The number of hydrogen-bond acceptors (Lipinski definition) is 6. The largest absolute Gasteiger partial charge is 0.493 e. The van der Waals surface area contributed by atoms with Crippen LogP contribution in [0, 0.1) is 0 Å². The van der Waals surface area contributed by atoms with Crippen molar-refractivity contribution < 1.29 is 19.0 Å². The van der Waals surface area contributed by atoms with Gasteiger partial charge in [-0.15, -0.1) is 5.10 Å². The van der Waals surface area contributed by atoms with E-state index >= 15 is 0 Å². The maximum atomic E-state index is 12.3. The smallest absolute Gasteiger partial charge is 0.337 e. The van der Waals surface area contributed by atoms with Crippen LogP contribution in [-0.4, -0.2) is 41.9 Å². The van der Waals surface area contributed by atoms with E-state index in [4.69, 9.17) is 14.2 Å². The number of nitrogens with one attached hydrogen (secondary N) is 2. The van der Waals surface area contributed by atoms with Crippen molar-refractivity contribution in [1.29, 1.82) is 0 Å². The summed E-state index contributed by atoms with van der Waals surface area (Å²) >= 11 is 0. The number of nitrogens with zero attached hydrogens (tertiary/aromatic N) is 2. The van der Waals surface area contributed by atoms with E-state index in [2.05, 4.69) is 20.5 Å². The number of methoxy groups -OCH3 is 2. The van der Waals surface area contributed by atoms with E-state index in [1.54, 1.807) is 18.2 Å². The van der Waals surface area contributed by atoms with Crippen LogP contribution in [-0.2, 0) is 0 Å². The summed E-state index contributed by atoms with van der Waals surface area (Å²) in [7, 11) is 2.97. The van der Waals surface area contributed by atoms with Crippen molar-refractivity contribution >= 4 is 11.9 Å². The Labute approximate surface area is 121 Å². The lowest BCUT2D eigenvalue weighted by Gasteiger charge is -2.11. The number of anilines is 1. The van der Waals surface area contributed by atoms with E-state index in [0.29, 0.717) is 23.7 Å². The van der Waals surface area contributed by atoms with E-state index in [1.807, 2.05) is 6.92 Å². The lowest BCUT2D eigenvalue weighted by Crippen LogP contribution is -2.14. The van der Waals surface area contributed by atoms with Crippen LogP contribution < -0.4 is 19.5 Å². The lowest BCUT2D eigenvalue weighted by molar-refractivity contribution is 0.102. The van der Waals surface area contributed by atoms with Gasteiger partial charge in [-0.1, -0.05) is 6.07 Å². The Balaban J connectivity index is 2.19. The van der Waals surface area contributed by atoms with Gasteiger partial charge in [0.2, 0.25) is 5.95 Å². The van der Waals surface area contributed by atoms with Crippen LogP contribution in [0.25, 0.3) is 0 Å². The Bertz CT molecular complexity index is 626. The second-order valence-corrected chi connectivity index (χ2v) is 3.89. The Hall–Kier alpha value is -2.77. The summed E-state index contributed by atoms with van der Waals surface area (Å²) < 4.78 is 15.5. The van der Waals surface area contributed by atoms with Crippen LogP contribution in [0.1, 0.15) is 17.3 Å². The third-order valence-electron chi connectivity index (χ3n) is 2.62. The second kappa shape index (κ2) is 6.60. The number of para-hydroxylation sites is 1. The zero-order valence-electron chi connectivity index (χ0n) is 12.0. The molecule has 1 amide bonds. The highest BCUT2D eigenvalue weighted by atomic mass is 16.5. The summed E-state index contributed by atoms with van der Waals surface area (Å²) in [4.78, 5) is 16.2. The Morgan fingerprint density at radius 2 is 2.14 bits per heavy atom. The first-order valence-corrected chi connectivity index (χ1v) is 6.27. The fourth-order valence-electron chi connectivity index (χ4n) is 1.74. The second-order valence-electron chi connectivity index (χ2n) is 3.89. The summed E-state index contributed by atoms with van der Waals surface area (Å²) in [5.41, 5.74) is 0.325. The molecule has 1 heterocycles. The van der Waals surface area contributed by atoms with Crippen molar-refractivity contribution in [3.05, 3.63) is 23.8 Å².